The van der Waals surface area contributed by atoms with E-state index in [9.17, 15) is 9.90 Å². The zero-order chi connectivity index (χ0) is 14.5. The highest BCUT2D eigenvalue weighted by Gasteiger charge is 2.18. The standard InChI is InChI=1S/C14H16N4O2/c15-8-9-5-6-12(19)11(7-9)13(20)18-14(16)17-10-3-1-2-4-10/h5-7,10,19H,1-4H2,(H3,16,17,18,20). The second kappa shape index (κ2) is 6.06. The molecule has 20 heavy (non-hydrogen) atoms. The van der Waals surface area contributed by atoms with E-state index in [1.807, 2.05) is 6.07 Å². The lowest BCUT2D eigenvalue weighted by Gasteiger charge is -2.15. The van der Waals surface area contributed by atoms with Gasteiger partial charge in [-0.15, -0.1) is 0 Å². The first-order valence-corrected chi connectivity index (χ1v) is 6.49. The second-order valence-corrected chi connectivity index (χ2v) is 4.80. The van der Waals surface area contributed by atoms with Crippen molar-refractivity contribution in [1.82, 2.24) is 10.6 Å². The number of amides is 1. The fourth-order valence-electron chi connectivity index (χ4n) is 2.28. The smallest absolute Gasteiger partial charge is 0.261 e. The number of phenols is 1. The number of nitriles is 1. The minimum atomic E-state index is -0.602. The zero-order valence-corrected chi connectivity index (χ0v) is 10.9. The minimum Gasteiger partial charge on any atom is -0.507 e. The summed E-state index contributed by atoms with van der Waals surface area (Å²) >= 11 is 0. The lowest BCUT2D eigenvalue weighted by molar-refractivity contribution is 0.0972. The molecule has 0 aromatic heterocycles. The van der Waals surface area contributed by atoms with Crippen molar-refractivity contribution < 1.29 is 9.90 Å². The molecular weight excluding hydrogens is 256 g/mol. The average Bonchev–Trinajstić information content (AvgIpc) is 2.91. The fraction of sp³-hybridized carbons (Fsp3) is 0.357. The molecule has 0 bridgehead atoms. The van der Waals surface area contributed by atoms with Crippen molar-refractivity contribution in [3.63, 3.8) is 0 Å². The van der Waals surface area contributed by atoms with E-state index in [4.69, 9.17) is 10.7 Å². The summed E-state index contributed by atoms with van der Waals surface area (Å²) in [5.74, 6) is -0.895. The summed E-state index contributed by atoms with van der Waals surface area (Å²) in [5.41, 5.74) is 0.269. The zero-order valence-electron chi connectivity index (χ0n) is 10.9. The maximum atomic E-state index is 12.0. The highest BCUT2D eigenvalue weighted by molar-refractivity contribution is 6.06. The fourth-order valence-corrected chi connectivity index (χ4v) is 2.28. The van der Waals surface area contributed by atoms with Gasteiger partial charge in [0.05, 0.1) is 17.2 Å². The molecule has 6 heteroatoms. The third-order valence-corrected chi connectivity index (χ3v) is 3.31. The lowest BCUT2D eigenvalue weighted by atomic mass is 10.1. The average molecular weight is 272 g/mol. The SMILES string of the molecule is N#Cc1ccc(O)c(C(=O)NC(=N)NC2CCCC2)c1. The molecule has 1 aromatic rings. The van der Waals surface area contributed by atoms with E-state index in [1.54, 1.807) is 0 Å². The van der Waals surface area contributed by atoms with Crippen LogP contribution in [0.2, 0.25) is 0 Å². The van der Waals surface area contributed by atoms with Gasteiger partial charge >= 0.3 is 0 Å². The summed E-state index contributed by atoms with van der Waals surface area (Å²) in [5, 5.41) is 31.4. The Hall–Kier alpha value is -2.55. The van der Waals surface area contributed by atoms with Gasteiger partial charge < -0.3 is 10.4 Å². The van der Waals surface area contributed by atoms with E-state index in [1.165, 1.54) is 18.2 Å². The Morgan fingerprint density at radius 3 is 2.75 bits per heavy atom. The number of nitrogens with zero attached hydrogens (tertiary/aromatic N) is 1. The van der Waals surface area contributed by atoms with Crippen molar-refractivity contribution in [3.8, 4) is 11.8 Å². The van der Waals surface area contributed by atoms with Crippen LogP contribution < -0.4 is 10.6 Å². The van der Waals surface area contributed by atoms with Crippen LogP contribution in [0.1, 0.15) is 41.6 Å². The van der Waals surface area contributed by atoms with Crippen molar-refractivity contribution in [2.75, 3.05) is 0 Å². The van der Waals surface area contributed by atoms with Crippen molar-refractivity contribution in [1.29, 1.82) is 10.7 Å². The number of benzene rings is 1. The number of hydrogen-bond donors (Lipinski definition) is 4. The number of phenolic OH excluding ortho intramolecular Hbond substituents is 1. The monoisotopic (exact) mass is 272 g/mol. The molecule has 1 saturated carbocycles. The third kappa shape index (κ3) is 3.26. The van der Waals surface area contributed by atoms with Crippen molar-refractivity contribution in [2.45, 2.75) is 31.7 Å². The first-order valence-electron chi connectivity index (χ1n) is 6.49. The molecule has 1 aromatic carbocycles. The maximum absolute atomic E-state index is 12.0. The molecule has 1 aliphatic carbocycles. The summed E-state index contributed by atoms with van der Waals surface area (Å²) < 4.78 is 0. The van der Waals surface area contributed by atoms with Gasteiger partial charge in [-0.25, -0.2) is 0 Å². The highest BCUT2D eigenvalue weighted by Crippen LogP contribution is 2.19. The molecule has 2 rings (SSSR count). The normalized spacial score (nSPS) is 14.6. The molecule has 0 spiro atoms. The van der Waals surface area contributed by atoms with Crippen LogP contribution in [0, 0.1) is 16.7 Å². The van der Waals surface area contributed by atoms with Crippen molar-refractivity contribution in [2.24, 2.45) is 0 Å². The summed E-state index contributed by atoms with van der Waals surface area (Å²) in [7, 11) is 0. The number of hydrogen-bond acceptors (Lipinski definition) is 4. The number of guanidine groups is 1. The molecule has 104 valence electrons. The first-order chi connectivity index (χ1) is 9.60. The predicted octanol–water partition coefficient (Wildman–Crippen LogP) is 1.46. The molecule has 0 atom stereocenters. The molecule has 0 saturated heterocycles. The van der Waals surface area contributed by atoms with Crippen LogP contribution in [-0.4, -0.2) is 23.0 Å². The molecule has 0 unspecified atom stereocenters. The van der Waals surface area contributed by atoms with Crippen LogP contribution in [0.25, 0.3) is 0 Å². The topological polar surface area (TPSA) is 109 Å². The molecule has 1 amide bonds. The van der Waals surface area contributed by atoms with Gasteiger partial charge in [0.2, 0.25) is 0 Å². The molecule has 0 radical (unpaired) electrons. The van der Waals surface area contributed by atoms with E-state index < -0.39 is 5.91 Å². The summed E-state index contributed by atoms with van der Waals surface area (Å²) in [6, 6.07) is 6.14. The molecule has 1 aliphatic rings. The van der Waals surface area contributed by atoms with Gasteiger partial charge in [-0.2, -0.15) is 5.26 Å². The Labute approximate surface area is 116 Å². The third-order valence-electron chi connectivity index (χ3n) is 3.31. The van der Waals surface area contributed by atoms with Crippen LogP contribution in [0.15, 0.2) is 18.2 Å². The first kappa shape index (κ1) is 13.9. The number of carbonyl (C=O) groups is 1. The number of aromatic hydroxyl groups is 1. The quantitative estimate of drug-likeness (QED) is 0.482. The molecular formula is C14H16N4O2. The van der Waals surface area contributed by atoms with Gasteiger partial charge in [0.1, 0.15) is 5.75 Å². The summed E-state index contributed by atoms with van der Waals surface area (Å²) in [6.45, 7) is 0. The summed E-state index contributed by atoms with van der Waals surface area (Å²) in [4.78, 5) is 12.0. The Kier molecular flexibility index (Phi) is 4.20. The molecule has 6 nitrogen and oxygen atoms in total. The van der Waals surface area contributed by atoms with E-state index in [0.717, 1.165) is 25.7 Å². The minimum absolute atomic E-state index is 0.0120. The lowest BCUT2D eigenvalue weighted by Crippen LogP contribution is -2.44. The van der Waals surface area contributed by atoms with Crippen molar-refractivity contribution in [3.05, 3.63) is 29.3 Å². The Morgan fingerprint density at radius 1 is 1.40 bits per heavy atom. The number of nitrogens with one attached hydrogen (secondary N) is 3. The molecule has 1 fully saturated rings. The molecule has 0 aliphatic heterocycles. The number of rotatable bonds is 2. The second-order valence-electron chi connectivity index (χ2n) is 4.80. The van der Waals surface area contributed by atoms with Crippen LogP contribution in [-0.2, 0) is 0 Å². The highest BCUT2D eigenvalue weighted by atomic mass is 16.3. The van der Waals surface area contributed by atoms with E-state index >= 15 is 0 Å². The number of carbonyl (C=O) groups excluding carboxylic acids is 1. The van der Waals surface area contributed by atoms with Gasteiger partial charge in [0.15, 0.2) is 5.96 Å². The largest absolute Gasteiger partial charge is 0.507 e. The van der Waals surface area contributed by atoms with Gasteiger partial charge in [-0.05, 0) is 31.0 Å². The summed E-state index contributed by atoms with van der Waals surface area (Å²) in [6.07, 6.45) is 4.24. The van der Waals surface area contributed by atoms with Crippen LogP contribution in [0.3, 0.4) is 0 Å². The Morgan fingerprint density at radius 2 is 2.10 bits per heavy atom. The molecule has 4 N–H and O–H groups in total. The van der Waals surface area contributed by atoms with E-state index in [0.29, 0.717) is 0 Å². The van der Waals surface area contributed by atoms with Crippen LogP contribution in [0.4, 0.5) is 0 Å². The van der Waals surface area contributed by atoms with Crippen LogP contribution in [0.5, 0.6) is 5.75 Å². The van der Waals surface area contributed by atoms with Gasteiger partial charge in [-0.1, -0.05) is 12.8 Å². The Balaban J connectivity index is 2.00. The predicted molar refractivity (Wildman–Crippen MR) is 73.4 cm³/mol. The van der Waals surface area contributed by atoms with Crippen molar-refractivity contribution >= 4 is 11.9 Å². The van der Waals surface area contributed by atoms with Gasteiger partial charge in [0.25, 0.3) is 5.91 Å². The van der Waals surface area contributed by atoms with Gasteiger partial charge in [0, 0.05) is 6.04 Å². The van der Waals surface area contributed by atoms with Gasteiger partial charge in [-0.3, -0.25) is 15.5 Å². The maximum Gasteiger partial charge on any atom is 0.261 e. The molecule has 0 heterocycles. The Bertz CT molecular complexity index is 571. The van der Waals surface area contributed by atoms with E-state index in [-0.39, 0.29) is 28.9 Å². The van der Waals surface area contributed by atoms with Crippen LogP contribution >= 0.6 is 0 Å². The van der Waals surface area contributed by atoms with E-state index in [2.05, 4.69) is 10.6 Å².